The van der Waals surface area contributed by atoms with Crippen LogP contribution in [0.2, 0.25) is 10.0 Å². The topological polar surface area (TPSA) is 80.2 Å². The van der Waals surface area contributed by atoms with Crippen LogP contribution in [0.5, 0.6) is 6.01 Å². The molecule has 1 aromatic carbocycles. The Morgan fingerprint density at radius 2 is 2.00 bits per heavy atom. The van der Waals surface area contributed by atoms with Gasteiger partial charge in [0, 0.05) is 18.1 Å². The molecule has 1 fully saturated rings. The summed E-state index contributed by atoms with van der Waals surface area (Å²) in [7, 11) is 1.50. The number of hydrogen-bond donors (Lipinski definition) is 1. The van der Waals surface area contributed by atoms with E-state index < -0.39 is 0 Å². The lowest BCUT2D eigenvalue weighted by Gasteiger charge is -2.16. The molecule has 2 heterocycles. The molecule has 0 unspecified atom stereocenters. The first-order valence-electron chi connectivity index (χ1n) is 7.84. The van der Waals surface area contributed by atoms with Gasteiger partial charge in [-0.25, -0.2) is 0 Å². The number of nitrogens with one attached hydrogen (secondary N) is 1. The van der Waals surface area contributed by atoms with Crippen LogP contribution in [0, 0.1) is 0 Å². The molecule has 0 atom stereocenters. The molecule has 2 aromatic rings. The number of ether oxygens (including phenoxy) is 1. The molecule has 7 nitrogen and oxygen atoms in total. The average molecular weight is 382 g/mol. The van der Waals surface area contributed by atoms with Gasteiger partial charge in [-0.15, -0.1) is 0 Å². The first-order valence-corrected chi connectivity index (χ1v) is 8.59. The smallest absolute Gasteiger partial charge is 0.321 e. The van der Waals surface area contributed by atoms with Gasteiger partial charge in [0.25, 0.3) is 5.91 Å². The minimum atomic E-state index is -0.330. The summed E-state index contributed by atoms with van der Waals surface area (Å²) in [6, 6.07) is 4.93. The quantitative estimate of drug-likeness (QED) is 0.857. The van der Waals surface area contributed by atoms with E-state index in [1.807, 2.05) is 0 Å². The van der Waals surface area contributed by atoms with Crippen molar-refractivity contribution in [3.8, 4) is 6.01 Å². The molecule has 1 aromatic heterocycles. The molecule has 1 amide bonds. The van der Waals surface area contributed by atoms with Gasteiger partial charge < -0.3 is 15.0 Å². The van der Waals surface area contributed by atoms with Crippen molar-refractivity contribution in [2.75, 3.05) is 25.1 Å². The Bertz CT molecular complexity index is 781. The van der Waals surface area contributed by atoms with Crippen LogP contribution < -0.4 is 15.0 Å². The third-order valence-electron chi connectivity index (χ3n) is 3.80. The van der Waals surface area contributed by atoms with E-state index in [0.717, 1.165) is 25.9 Å². The highest BCUT2D eigenvalue weighted by Crippen LogP contribution is 2.21. The molecule has 0 saturated carbocycles. The van der Waals surface area contributed by atoms with E-state index in [-0.39, 0.29) is 23.5 Å². The SMILES string of the molecule is COc1nc(CNC(=O)c2ccc(Cl)cc2Cl)nc(N2CCCC2)n1. The van der Waals surface area contributed by atoms with Crippen LogP contribution in [-0.4, -0.2) is 41.1 Å². The number of benzene rings is 1. The number of methoxy groups -OCH3 is 1. The zero-order valence-electron chi connectivity index (χ0n) is 13.6. The molecule has 132 valence electrons. The second kappa shape index (κ2) is 7.84. The molecule has 3 rings (SSSR count). The normalized spacial score (nSPS) is 13.8. The molecular formula is C16H17Cl2N5O2. The van der Waals surface area contributed by atoms with E-state index in [9.17, 15) is 4.79 Å². The monoisotopic (exact) mass is 381 g/mol. The predicted octanol–water partition coefficient (Wildman–Crippen LogP) is 2.72. The van der Waals surface area contributed by atoms with Crippen molar-refractivity contribution in [2.45, 2.75) is 19.4 Å². The van der Waals surface area contributed by atoms with Gasteiger partial charge in [-0.05, 0) is 31.0 Å². The van der Waals surface area contributed by atoms with E-state index in [1.54, 1.807) is 12.1 Å². The number of nitrogens with zero attached hydrogens (tertiary/aromatic N) is 4. The second-order valence-corrected chi connectivity index (χ2v) is 6.38. The van der Waals surface area contributed by atoms with E-state index in [0.29, 0.717) is 22.4 Å². The molecule has 0 aliphatic carbocycles. The first-order chi connectivity index (χ1) is 12.1. The molecule has 0 bridgehead atoms. The highest BCUT2D eigenvalue weighted by atomic mass is 35.5. The lowest BCUT2D eigenvalue weighted by molar-refractivity contribution is 0.0950. The summed E-state index contributed by atoms with van der Waals surface area (Å²) in [4.78, 5) is 27.3. The van der Waals surface area contributed by atoms with Gasteiger partial charge >= 0.3 is 6.01 Å². The van der Waals surface area contributed by atoms with Crippen molar-refractivity contribution >= 4 is 35.1 Å². The Balaban J connectivity index is 1.73. The molecule has 1 aliphatic heterocycles. The maximum Gasteiger partial charge on any atom is 0.321 e. The predicted molar refractivity (Wildman–Crippen MR) is 95.5 cm³/mol. The van der Waals surface area contributed by atoms with Gasteiger partial charge in [0.2, 0.25) is 5.95 Å². The van der Waals surface area contributed by atoms with Crippen molar-refractivity contribution in [3.63, 3.8) is 0 Å². The fourth-order valence-electron chi connectivity index (χ4n) is 2.54. The van der Waals surface area contributed by atoms with Crippen molar-refractivity contribution < 1.29 is 9.53 Å². The third kappa shape index (κ3) is 4.29. The fraction of sp³-hybridized carbons (Fsp3) is 0.375. The number of carbonyl (C=O) groups is 1. The molecule has 0 spiro atoms. The Morgan fingerprint density at radius 3 is 2.68 bits per heavy atom. The van der Waals surface area contributed by atoms with Crippen molar-refractivity contribution in [2.24, 2.45) is 0 Å². The van der Waals surface area contributed by atoms with E-state index in [2.05, 4.69) is 25.2 Å². The maximum absolute atomic E-state index is 12.3. The zero-order valence-corrected chi connectivity index (χ0v) is 15.1. The lowest BCUT2D eigenvalue weighted by atomic mass is 10.2. The minimum absolute atomic E-state index is 0.136. The third-order valence-corrected chi connectivity index (χ3v) is 4.35. The molecule has 1 aliphatic rings. The van der Waals surface area contributed by atoms with Gasteiger partial charge in [0.15, 0.2) is 5.82 Å². The van der Waals surface area contributed by atoms with Gasteiger partial charge in [-0.2, -0.15) is 15.0 Å². The Morgan fingerprint density at radius 1 is 1.24 bits per heavy atom. The summed E-state index contributed by atoms with van der Waals surface area (Å²) >= 11 is 11.9. The average Bonchev–Trinajstić information content (AvgIpc) is 3.14. The van der Waals surface area contributed by atoms with Crippen LogP contribution in [0.4, 0.5) is 5.95 Å². The second-order valence-electron chi connectivity index (χ2n) is 5.54. The number of anilines is 1. The maximum atomic E-state index is 12.3. The van der Waals surface area contributed by atoms with E-state index >= 15 is 0 Å². The van der Waals surface area contributed by atoms with Crippen molar-refractivity contribution in [1.82, 2.24) is 20.3 Å². The molecule has 9 heteroatoms. The summed E-state index contributed by atoms with van der Waals surface area (Å²) in [6.07, 6.45) is 2.21. The van der Waals surface area contributed by atoms with E-state index in [1.165, 1.54) is 13.2 Å². The summed E-state index contributed by atoms with van der Waals surface area (Å²) in [6.45, 7) is 1.94. The summed E-state index contributed by atoms with van der Waals surface area (Å²) in [5.74, 6) is 0.661. The minimum Gasteiger partial charge on any atom is -0.467 e. The molecule has 1 N–H and O–H groups in total. The van der Waals surface area contributed by atoms with Gasteiger partial charge in [0.1, 0.15) is 0 Å². The van der Waals surface area contributed by atoms with E-state index in [4.69, 9.17) is 27.9 Å². The van der Waals surface area contributed by atoms with Crippen LogP contribution in [0.3, 0.4) is 0 Å². The van der Waals surface area contributed by atoms with Gasteiger partial charge in [0.05, 0.1) is 24.2 Å². The number of carbonyl (C=O) groups excluding carboxylic acids is 1. The van der Waals surface area contributed by atoms with Crippen LogP contribution in [0.15, 0.2) is 18.2 Å². The van der Waals surface area contributed by atoms with Crippen LogP contribution in [0.1, 0.15) is 29.0 Å². The van der Waals surface area contributed by atoms with Crippen LogP contribution in [-0.2, 0) is 6.54 Å². The number of amides is 1. The standard InChI is InChI=1S/C16H17Cl2N5O2/c1-25-16-21-13(20-15(22-16)23-6-2-3-7-23)9-19-14(24)11-5-4-10(17)8-12(11)18/h4-5,8H,2-3,6-7,9H2,1H3,(H,19,24). The highest BCUT2D eigenvalue weighted by molar-refractivity contribution is 6.36. The summed E-state index contributed by atoms with van der Waals surface area (Å²) in [5.41, 5.74) is 0.340. The number of halogens is 2. The first kappa shape index (κ1) is 17.7. The molecule has 25 heavy (non-hydrogen) atoms. The Labute approximate surface area is 155 Å². The number of rotatable bonds is 5. The summed E-state index contributed by atoms with van der Waals surface area (Å²) in [5, 5.41) is 3.51. The van der Waals surface area contributed by atoms with Crippen LogP contribution >= 0.6 is 23.2 Å². The van der Waals surface area contributed by atoms with Crippen LogP contribution in [0.25, 0.3) is 0 Å². The number of hydrogen-bond acceptors (Lipinski definition) is 6. The molecular weight excluding hydrogens is 365 g/mol. The highest BCUT2D eigenvalue weighted by Gasteiger charge is 2.18. The number of aromatic nitrogens is 3. The summed E-state index contributed by atoms with van der Waals surface area (Å²) < 4.78 is 5.14. The molecule has 0 radical (unpaired) electrons. The largest absolute Gasteiger partial charge is 0.467 e. The van der Waals surface area contributed by atoms with Crippen molar-refractivity contribution in [1.29, 1.82) is 0 Å². The van der Waals surface area contributed by atoms with Gasteiger partial charge in [-0.1, -0.05) is 23.2 Å². The Kier molecular flexibility index (Phi) is 5.55. The molecule has 1 saturated heterocycles. The lowest BCUT2D eigenvalue weighted by Crippen LogP contribution is -2.26. The Hall–Kier alpha value is -2.12. The van der Waals surface area contributed by atoms with Gasteiger partial charge in [-0.3, -0.25) is 4.79 Å². The van der Waals surface area contributed by atoms with Crippen molar-refractivity contribution in [3.05, 3.63) is 39.6 Å². The fourth-order valence-corrected chi connectivity index (χ4v) is 3.04. The zero-order chi connectivity index (χ0) is 17.8.